The van der Waals surface area contributed by atoms with Gasteiger partial charge in [0.05, 0.1) is 30.8 Å². The van der Waals surface area contributed by atoms with E-state index in [9.17, 15) is 31.0 Å². The number of methoxy groups -OCH3 is 1. The molecule has 0 heterocycles. The van der Waals surface area contributed by atoms with Crippen LogP contribution in [0.15, 0.2) is 127 Å². The van der Waals surface area contributed by atoms with Crippen LogP contribution >= 0.6 is 0 Å². The molecule has 0 aliphatic rings. The predicted octanol–water partition coefficient (Wildman–Crippen LogP) is 7.65. The zero-order valence-corrected chi connectivity index (χ0v) is 27.7. The van der Waals surface area contributed by atoms with E-state index in [0.717, 1.165) is 12.1 Å². The molecule has 0 radical (unpaired) electrons. The lowest BCUT2D eigenvalue weighted by molar-refractivity contribution is 0.282. The van der Waals surface area contributed by atoms with Gasteiger partial charge in [-0.25, -0.2) is 0 Å². The van der Waals surface area contributed by atoms with Crippen LogP contribution in [0.5, 0.6) is 5.75 Å². The van der Waals surface area contributed by atoms with E-state index in [2.05, 4.69) is 20.5 Å². The second kappa shape index (κ2) is 13.3. The second-order valence-corrected chi connectivity index (χ2v) is 13.7. The van der Waals surface area contributed by atoms with Crippen molar-refractivity contribution in [3.8, 4) is 16.9 Å². The number of anilines is 2. The van der Waals surface area contributed by atoms with Gasteiger partial charge in [-0.15, -0.1) is 15.3 Å². The number of rotatable bonds is 9. The van der Waals surface area contributed by atoms with Crippen LogP contribution in [0.1, 0.15) is 5.56 Å². The van der Waals surface area contributed by atoms with Crippen molar-refractivity contribution in [2.75, 3.05) is 18.6 Å². The summed E-state index contributed by atoms with van der Waals surface area (Å²) in [7, 11) is -7.76. The van der Waals surface area contributed by atoms with Crippen LogP contribution in [0, 0.1) is 0 Å². The molecule has 0 fully saturated rings. The first-order valence-corrected chi connectivity index (χ1v) is 17.5. The summed E-state index contributed by atoms with van der Waals surface area (Å²) < 4.78 is 73.5. The average molecular weight is 713 g/mol. The van der Waals surface area contributed by atoms with E-state index in [1.165, 1.54) is 19.2 Å². The third-order valence-corrected chi connectivity index (χ3v) is 9.69. The Bertz CT molecular complexity index is 2430. The molecule has 0 saturated carbocycles. The van der Waals surface area contributed by atoms with Crippen molar-refractivity contribution in [3.05, 3.63) is 103 Å². The standard InChI is InChI=1S/C34H28N6O8S2/c1-48-30-15-20(11-13-27(30)38-40-29-17-32(50(45,46)47)23-7-3-5-9-25(23)34(29)36)19-10-12-26(21(14-19)18-41)37-39-28-16-31(49(42,43)44)22-6-2-4-8-24(22)33(28)35/h2-17,41H,18,35-36H2,1H3,(H,42,43,44)(H,45,46,47). The summed E-state index contributed by atoms with van der Waals surface area (Å²) >= 11 is 0. The van der Waals surface area contributed by atoms with E-state index in [1.54, 1.807) is 72.8 Å². The zero-order valence-electron chi connectivity index (χ0n) is 26.1. The largest absolute Gasteiger partial charge is 0.494 e. The molecule has 14 nitrogen and oxygen atoms in total. The van der Waals surface area contributed by atoms with E-state index < -0.39 is 26.8 Å². The number of nitrogen functional groups attached to an aromatic ring is 2. The Morgan fingerprint density at radius 3 is 1.46 bits per heavy atom. The third-order valence-electron chi connectivity index (χ3n) is 7.90. The number of aliphatic hydroxyl groups excluding tert-OH is 1. The number of nitrogens with two attached hydrogens (primary N) is 2. The number of aliphatic hydroxyl groups is 1. The first-order chi connectivity index (χ1) is 23.8. The number of benzene rings is 6. The molecule has 0 bridgehead atoms. The average Bonchev–Trinajstić information content (AvgIpc) is 3.10. The topological polar surface area (TPSA) is 240 Å². The van der Waals surface area contributed by atoms with Crippen molar-refractivity contribution >= 4 is 75.9 Å². The van der Waals surface area contributed by atoms with E-state index in [0.29, 0.717) is 38.9 Å². The fourth-order valence-corrected chi connectivity index (χ4v) is 6.87. The van der Waals surface area contributed by atoms with Gasteiger partial charge in [-0.3, -0.25) is 9.11 Å². The minimum atomic E-state index is -4.60. The van der Waals surface area contributed by atoms with Crippen molar-refractivity contribution in [3.63, 3.8) is 0 Å². The Kier molecular flexibility index (Phi) is 9.04. The molecular formula is C34H28N6O8S2. The first kappa shape index (κ1) is 34.1. The maximum Gasteiger partial charge on any atom is 0.295 e. The van der Waals surface area contributed by atoms with Gasteiger partial charge in [0.25, 0.3) is 20.2 Å². The fraction of sp³-hybridized carbons (Fsp3) is 0.0588. The normalized spacial score (nSPS) is 12.4. The highest BCUT2D eigenvalue weighted by Crippen LogP contribution is 2.40. The Morgan fingerprint density at radius 2 is 1.00 bits per heavy atom. The van der Waals surface area contributed by atoms with Crippen LogP contribution in [0.2, 0.25) is 0 Å². The highest BCUT2D eigenvalue weighted by molar-refractivity contribution is 7.86. The molecule has 254 valence electrons. The Labute approximate surface area is 285 Å². The highest BCUT2D eigenvalue weighted by atomic mass is 32.2. The molecule has 0 amide bonds. The van der Waals surface area contributed by atoms with Crippen molar-refractivity contribution < 1.29 is 35.8 Å². The molecule has 50 heavy (non-hydrogen) atoms. The number of hydrogen-bond acceptors (Lipinski definition) is 12. The number of nitrogens with zero attached hydrogens (tertiary/aromatic N) is 4. The van der Waals surface area contributed by atoms with E-state index in [-0.39, 0.29) is 49.0 Å². The van der Waals surface area contributed by atoms with Crippen LogP contribution in [-0.4, -0.2) is 38.2 Å². The molecule has 7 N–H and O–H groups in total. The van der Waals surface area contributed by atoms with Crippen molar-refractivity contribution in [2.24, 2.45) is 20.5 Å². The molecule has 0 atom stereocenters. The van der Waals surface area contributed by atoms with E-state index >= 15 is 0 Å². The smallest absolute Gasteiger partial charge is 0.295 e. The maximum absolute atomic E-state index is 12.1. The number of azo groups is 2. The molecule has 0 aliphatic carbocycles. The van der Waals surface area contributed by atoms with Gasteiger partial charge in [0, 0.05) is 27.1 Å². The summed E-state index contributed by atoms with van der Waals surface area (Å²) in [6.07, 6.45) is 0. The lowest BCUT2D eigenvalue weighted by Gasteiger charge is -2.11. The van der Waals surface area contributed by atoms with Crippen LogP contribution in [0.3, 0.4) is 0 Å². The number of ether oxygens (including phenoxy) is 1. The maximum atomic E-state index is 12.1. The van der Waals surface area contributed by atoms with Gasteiger partial charge in [0.2, 0.25) is 0 Å². The molecule has 16 heteroatoms. The van der Waals surface area contributed by atoms with Crippen LogP contribution in [-0.2, 0) is 26.8 Å². The van der Waals surface area contributed by atoms with Gasteiger partial charge in [-0.2, -0.15) is 21.9 Å². The Balaban J connectivity index is 1.32. The predicted molar refractivity (Wildman–Crippen MR) is 189 cm³/mol. The van der Waals surface area contributed by atoms with Crippen molar-refractivity contribution in [2.45, 2.75) is 16.4 Å². The molecular weight excluding hydrogens is 685 g/mol. The zero-order chi connectivity index (χ0) is 35.8. The summed E-state index contributed by atoms with van der Waals surface area (Å²) in [5.41, 5.74) is 15.2. The minimum absolute atomic E-state index is 0.0124. The molecule has 6 rings (SSSR count). The van der Waals surface area contributed by atoms with Crippen molar-refractivity contribution in [1.29, 1.82) is 0 Å². The summed E-state index contributed by atoms with van der Waals surface area (Å²) in [4.78, 5) is -0.723. The van der Waals surface area contributed by atoms with E-state index in [1.807, 2.05) is 0 Å². The van der Waals surface area contributed by atoms with Gasteiger partial charge >= 0.3 is 0 Å². The van der Waals surface area contributed by atoms with Crippen molar-refractivity contribution in [1.82, 2.24) is 0 Å². The quantitative estimate of drug-likeness (QED) is 0.0557. The summed E-state index contributed by atoms with van der Waals surface area (Å²) in [6.45, 7) is -0.409. The van der Waals surface area contributed by atoms with E-state index in [4.69, 9.17) is 16.2 Å². The van der Waals surface area contributed by atoms with Gasteiger partial charge in [0.15, 0.2) is 0 Å². The molecule has 0 spiro atoms. The minimum Gasteiger partial charge on any atom is -0.494 e. The first-order valence-electron chi connectivity index (χ1n) is 14.6. The molecule has 0 aliphatic heterocycles. The third kappa shape index (κ3) is 6.60. The lowest BCUT2D eigenvalue weighted by Crippen LogP contribution is -2.01. The fourth-order valence-electron chi connectivity index (χ4n) is 5.44. The number of hydrogen-bond donors (Lipinski definition) is 5. The van der Waals surface area contributed by atoms with Crippen LogP contribution in [0.25, 0.3) is 32.7 Å². The Morgan fingerprint density at radius 1 is 0.580 bits per heavy atom. The summed E-state index contributed by atoms with van der Waals surface area (Å²) in [5, 5.41) is 28.2. The number of fused-ring (bicyclic) bond motifs is 2. The molecule has 0 saturated heterocycles. The summed E-state index contributed by atoms with van der Waals surface area (Å²) in [6, 6.07) is 25.2. The molecule has 0 aromatic heterocycles. The lowest BCUT2D eigenvalue weighted by atomic mass is 10.0. The monoisotopic (exact) mass is 712 g/mol. The SMILES string of the molecule is COc1cc(-c2ccc(N=Nc3cc(S(=O)(=O)O)c4ccccc4c3N)c(CO)c2)ccc1N=Nc1cc(S(=O)(=O)O)c2ccccc2c1N. The van der Waals surface area contributed by atoms with Gasteiger partial charge in [0.1, 0.15) is 32.6 Å². The molecule has 6 aromatic carbocycles. The van der Waals surface area contributed by atoms with Gasteiger partial charge < -0.3 is 21.3 Å². The Hall–Kier alpha value is -5.78. The summed E-state index contributed by atoms with van der Waals surface area (Å²) in [5.74, 6) is 0.316. The van der Waals surface area contributed by atoms with Crippen LogP contribution in [0.4, 0.5) is 34.1 Å². The van der Waals surface area contributed by atoms with Crippen LogP contribution < -0.4 is 16.2 Å². The van der Waals surface area contributed by atoms with Gasteiger partial charge in [-0.05, 0) is 47.5 Å². The highest BCUT2D eigenvalue weighted by Gasteiger charge is 2.20. The molecule has 0 unspecified atom stereocenters. The second-order valence-electron chi connectivity index (χ2n) is 10.9. The molecule has 6 aromatic rings. The van der Waals surface area contributed by atoms with Gasteiger partial charge in [-0.1, -0.05) is 60.7 Å².